The van der Waals surface area contributed by atoms with Crippen LogP contribution in [-0.4, -0.2) is 11.8 Å². The summed E-state index contributed by atoms with van der Waals surface area (Å²) >= 11 is 0. The molecule has 1 aromatic carbocycles. The van der Waals surface area contributed by atoms with E-state index < -0.39 is 0 Å². The summed E-state index contributed by atoms with van der Waals surface area (Å²) in [6.45, 7) is 6.14. The predicted molar refractivity (Wildman–Crippen MR) is 87.3 cm³/mol. The topological polar surface area (TPSA) is 58.2 Å². The lowest BCUT2D eigenvalue weighted by molar-refractivity contribution is -0.117. The van der Waals surface area contributed by atoms with Gasteiger partial charge in [0.2, 0.25) is 11.8 Å². The molecule has 1 rings (SSSR count). The minimum Gasteiger partial charge on any atom is -0.326 e. The molecule has 0 saturated carbocycles. The number of unbranched alkanes of at least 4 members (excludes halogenated alkanes) is 2. The molecule has 4 heteroatoms. The smallest absolute Gasteiger partial charge is 0.224 e. The predicted octanol–water partition coefficient (Wildman–Crippen LogP) is 4.19. The van der Waals surface area contributed by atoms with Crippen molar-refractivity contribution >= 4 is 23.2 Å². The lowest BCUT2D eigenvalue weighted by Crippen LogP contribution is -2.14. The van der Waals surface area contributed by atoms with Crippen molar-refractivity contribution in [3.8, 4) is 0 Å². The number of nitrogens with one attached hydrogen (secondary N) is 2. The van der Waals surface area contributed by atoms with Gasteiger partial charge in [-0.25, -0.2) is 0 Å². The summed E-state index contributed by atoms with van der Waals surface area (Å²) < 4.78 is 0. The van der Waals surface area contributed by atoms with Gasteiger partial charge in [-0.3, -0.25) is 9.59 Å². The maximum absolute atomic E-state index is 11.7. The first kappa shape index (κ1) is 17.2. The summed E-state index contributed by atoms with van der Waals surface area (Å²) in [6, 6.07) is 7.23. The third-order valence-electron chi connectivity index (χ3n) is 3.05. The van der Waals surface area contributed by atoms with Crippen LogP contribution in [0, 0.1) is 5.92 Å². The summed E-state index contributed by atoms with van der Waals surface area (Å²) in [6.07, 6.45) is 4.18. The van der Waals surface area contributed by atoms with Crippen molar-refractivity contribution in [2.75, 3.05) is 10.6 Å². The second-order valence-electron chi connectivity index (χ2n) is 5.73. The van der Waals surface area contributed by atoms with E-state index in [2.05, 4.69) is 17.6 Å². The minimum atomic E-state index is 0.0151. The second kappa shape index (κ2) is 9.16. The van der Waals surface area contributed by atoms with Crippen molar-refractivity contribution in [3.05, 3.63) is 24.3 Å². The van der Waals surface area contributed by atoms with E-state index in [1.54, 1.807) is 12.1 Å². The zero-order valence-corrected chi connectivity index (χ0v) is 13.2. The highest BCUT2D eigenvalue weighted by atomic mass is 16.2. The molecule has 0 spiro atoms. The standard InChI is InChI=1S/C17H26N2O2/c1-4-5-6-7-16(20)18-14-8-10-15(11-9-14)19-17(21)12-13(2)3/h8-11,13H,4-7,12H2,1-3H3,(H,18,20)(H,19,21). The third kappa shape index (κ3) is 7.49. The molecule has 0 saturated heterocycles. The summed E-state index contributed by atoms with van der Waals surface area (Å²) in [4.78, 5) is 23.3. The Hall–Kier alpha value is -1.84. The van der Waals surface area contributed by atoms with Gasteiger partial charge < -0.3 is 10.6 Å². The van der Waals surface area contributed by atoms with Crippen LogP contribution >= 0.6 is 0 Å². The number of hydrogen-bond donors (Lipinski definition) is 2. The molecule has 116 valence electrons. The summed E-state index contributed by atoms with van der Waals surface area (Å²) in [5.74, 6) is 0.396. The number of carbonyl (C=O) groups is 2. The Kier molecular flexibility index (Phi) is 7.51. The summed E-state index contributed by atoms with van der Waals surface area (Å²) in [5, 5.41) is 5.71. The lowest BCUT2D eigenvalue weighted by Gasteiger charge is -2.09. The van der Waals surface area contributed by atoms with Gasteiger partial charge in [-0.15, -0.1) is 0 Å². The second-order valence-corrected chi connectivity index (χ2v) is 5.73. The Labute approximate surface area is 127 Å². The van der Waals surface area contributed by atoms with Crippen molar-refractivity contribution < 1.29 is 9.59 Å². The van der Waals surface area contributed by atoms with E-state index in [1.807, 2.05) is 26.0 Å². The fourth-order valence-corrected chi connectivity index (χ4v) is 1.98. The molecule has 2 amide bonds. The molecule has 0 aromatic heterocycles. The SMILES string of the molecule is CCCCCC(=O)Nc1ccc(NC(=O)CC(C)C)cc1. The molecule has 0 fully saturated rings. The zero-order chi connectivity index (χ0) is 15.7. The monoisotopic (exact) mass is 290 g/mol. The van der Waals surface area contributed by atoms with Gasteiger partial charge in [0.05, 0.1) is 0 Å². The maximum Gasteiger partial charge on any atom is 0.224 e. The average molecular weight is 290 g/mol. The molecule has 0 heterocycles. The first-order chi connectivity index (χ1) is 10.0. The Bertz CT molecular complexity index is 452. The fraction of sp³-hybridized carbons (Fsp3) is 0.529. The van der Waals surface area contributed by atoms with Crippen molar-refractivity contribution in [2.24, 2.45) is 5.92 Å². The molecule has 1 aromatic rings. The van der Waals surface area contributed by atoms with Crippen molar-refractivity contribution in [1.29, 1.82) is 0 Å². The molecule has 0 atom stereocenters. The van der Waals surface area contributed by atoms with E-state index in [-0.39, 0.29) is 11.8 Å². The van der Waals surface area contributed by atoms with Gasteiger partial charge in [0, 0.05) is 24.2 Å². The van der Waals surface area contributed by atoms with Gasteiger partial charge >= 0.3 is 0 Å². The normalized spacial score (nSPS) is 10.5. The van der Waals surface area contributed by atoms with Crippen LogP contribution in [0.25, 0.3) is 0 Å². The zero-order valence-electron chi connectivity index (χ0n) is 13.2. The highest BCUT2D eigenvalue weighted by molar-refractivity contribution is 5.92. The Morgan fingerprint density at radius 1 is 0.952 bits per heavy atom. The molecule has 0 bridgehead atoms. The van der Waals surface area contributed by atoms with Gasteiger partial charge in [0.1, 0.15) is 0 Å². The van der Waals surface area contributed by atoms with E-state index in [0.717, 1.165) is 30.6 Å². The molecule has 0 aliphatic rings. The Morgan fingerprint density at radius 2 is 1.48 bits per heavy atom. The van der Waals surface area contributed by atoms with Crippen LogP contribution in [0.1, 0.15) is 52.9 Å². The molecule has 0 radical (unpaired) electrons. The van der Waals surface area contributed by atoms with Crippen LogP contribution in [0.4, 0.5) is 11.4 Å². The van der Waals surface area contributed by atoms with E-state index >= 15 is 0 Å². The lowest BCUT2D eigenvalue weighted by atomic mass is 10.1. The fourth-order valence-electron chi connectivity index (χ4n) is 1.98. The number of hydrogen-bond acceptors (Lipinski definition) is 2. The third-order valence-corrected chi connectivity index (χ3v) is 3.05. The first-order valence-corrected chi connectivity index (χ1v) is 7.71. The van der Waals surface area contributed by atoms with Crippen LogP contribution in [0.5, 0.6) is 0 Å². The molecule has 2 N–H and O–H groups in total. The van der Waals surface area contributed by atoms with Gasteiger partial charge in [-0.05, 0) is 36.6 Å². The number of benzene rings is 1. The molecular weight excluding hydrogens is 264 g/mol. The van der Waals surface area contributed by atoms with Crippen LogP contribution < -0.4 is 10.6 Å². The molecule has 0 aliphatic heterocycles. The van der Waals surface area contributed by atoms with Crippen LogP contribution in [0.3, 0.4) is 0 Å². The van der Waals surface area contributed by atoms with Crippen molar-refractivity contribution in [1.82, 2.24) is 0 Å². The molecule has 0 unspecified atom stereocenters. The average Bonchev–Trinajstić information content (AvgIpc) is 2.40. The number of anilines is 2. The highest BCUT2D eigenvalue weighted by Crippen LogP contribution is 2.15. The first-order valence-electron chi connectivity index (χ1n) is 7.71. The highest BCUT2D eigenvalue weighted by Gasteiger charge is 2.06. The Balaban J connectivity index is 2.43. The van der Waals surface area contributed by atoms with Crippen LogP contribution in [0.2, 0.25) is 0 Å². The number of carbonyl (C=O) groups excluding carboxylic acids is 2. The van der Waals surface area contributed by atoms with E-state index in [4.69, 9.17) is 0 Å². The minimum absolute atomic E-state index is 0.0151. The van der Waals surface area contributed by atoms with Crippen LogP contribution in [0.15, 0.2) is 24.3 Å². The van der Waals surface area contributed by atoms with Gasteiger partial charge in [0.15, 0.2) is 0 Å². The summed E-state index contributed by atoms with van der Waals surface area (Å²) in [5.41, 5.74) is 1.52. The molecule has 21 heavy (non-hydrogen) atoms. The quantitative estimate of drug-likeness (QED) is 0.705. The number of amides is 2. The van der Waals surface area contributed by atoms with Crippen molar-refractivity contribution in [2.45, 2.75) is 52.9 Å². The Morgan fingerprint density at radius 3 is 1.95 bits per heavy atom. The van der Waals surface area contributed by atoms with Gasteiger partial charge in [-0.1, -0.05) is 33.6 Å². The van der Waals surface area contributed by atoms with Crippen LogP contribution in [-0.2, 0) is 9.59 Å². The maximum atomic E-state index is 11.7. The molecular formula is C17H26N2O2. The number of rotatable bonds is 8. The van der Waals surface area contributed by atoms with E-state index in [1.165, 1.54) is 0 Å². The molecule has 0 aliphatic carbocycles. The van der Waals surface area contributed by atoms with Gasteiger partial charge in [-0.2, -0.15) is 0 Å². The molecule has 4 nitrogen and oxygen atoms in total. The summed E-state index contributed by atoms with van der Waals surface area (Å²) in [7, 11) is 0. The van der Waals surface area contributed by atoms with E-state index in [9.17, 15) is 9.59 Å². The van der Waals surface area contributed by atoms with Gasteiger partial charge in [0.25, 0.3) is 0 Å². The van der Waals surface area contributed by atoms with Crippen molar-refractivity contribution in [3.63, 3.8) is 0 Å². The largest absolute Gasteiger partial charge is 0.326 e. The van der Waals surface area contributed by atoms with E-state index in [0.29, 0.717) is 18.8 Å².